The van der Waals surface area contributed by atoms with Gasteiger partial charge < -0.3 is 15.4 Å². The lowest BCUT2D eigenvalue weighted by atomic mass is 10.1. The van der Waals surface area contributed by atoms with Crippen molar-refractivity contribution in [2.45, 2.75) is 32.4 Å². The first-order valence-electron chi connectivity index (χ1n) is 7.65. The van der Waals surface area contributed by atoms with Crippen LogP contribution in [0.4, 0.5) is 0 Å². The summed E-state index contributed by atoms with van der Waals surface area (Å²) in [7, 11) is 1.61. The van der Waals surface area contributed by atoms with Crippen molar-refractivity contribution in [2.24, 2.45) is 0 Å². The van der Waals surface area contributed by atoms with Gasteiger partial charge in [-0.3, -0.25) is 9.59 Å². The van der Waals surface area contributed by atoms with E-state index in [0.717, 1.165) is 17.0 Å². The van der Waals surface area contributed by atoms with E-state index < -0.39 is 6.04 Å². The molecular formula is C17H21N3O3S. The van der Waals surface area contributed by atoms with Crippen LogP contribution in [0, 0.1) is 0 Å². The predicted molar refractivity (Wildman–Crippen MR) is 92.9 cm³/mol. The molecule has 1 aromatic heterocycles. The van der Waals surface area contributed by atoms with Gasteiger partial charge in [0.15, 0.2) is 0 Å². The Morgan fingerprint density at radius 2 is 2.04 bits per heavy atom. The average Bonchev–Trinajstić information content (AvgIpc) is 3.11. The highest BCUT2D eigenvalue weighted by atomic mass is 32.1. The smallest absolute Gasteiger partial charge is 0.242 e. The van der Waals surface area contributed by atoms with Crippen molar-refractivity contribution < 1.29 is 14.3 Å². The number of methoxy groups -OCH3 is 1. The molecule has 0 bridgehead atoms. The van der Waals surface area contributed by atoms with E-state index in [-0.39, 0.29) is 11.8 Å². The number of hydrogen-bond donors (Lipinski definition) is 2. The molecule has 0 spiro atoms. The summed E-state index contributed by atoms with van der Waals surface area (Å²) in [5.74, 6) is 0.413. The Bertz CT molecular complexity index is 656. The Labute approximate surface area is 145 Å². The predicted octanol–water partition coefficient (Wildman–Crippen LogP) is 1.91. The average molecular weight is 347 g/mol. The number of benzene rings is 1. The molecule has 24 heavy (non-hydrogen) atoms. The number of carbonyl (C=O) groups excluding carboxylic acids is 2. The van der Waals surface area contributed by atoms with Gasteiger partial charge in [0.25, 0.3) is 0 Å². The van der Waals surface area contributed by atoms with Gasteiger partial charge in [-0.2, -0.15) is 0 Å². The first-order chi connectivity index (χ1) is 11.6. The molecule has 1 aromatic carbocycles. The third-order valence-electron chi connectivity index (χ3n) is 3.50. The molecule has 1 heterocycles. The van der Waals surface area contributed by atoms with E-state index >= 15 is 0 Å². The number of aromatic nitrogens is 1. The third kappa shape index (κ3) is 5.66. The number of hydrogen-bond acceptors (Lipinski definition) is 5. The molecule has 0 saturated heterocycles. The second kappa shape index (κ2) is 9.02. The van der Waals surface area contributed by atoms with Crippen LogP contribution in [-0.4, -0.2) is 29.9 Å². The molecule has 0 aliphatic heterocycles. The zero-order valence-corrected chi connectivity index (χ0v) is 14.6. The summed E-state index contributed by atoms with van der Waals surface area (Å²) in [6.45, 7) is 2.04. The summed E-state index contributed by atoms with van der Waals surface area (Å²) in [6.07, 6.45) is 0.943. The lowest BCUT2D eigenvalue weighted by Crippen LogP contribution is -2.44. The van der Waals surface area contributed by atoms with Gasteiger partial charge in [0.05, 0.1) is 24.9 Å². The molecule has 0 aliphatic rings. The monoisotopic (exact) mass is 347 g/mol. The van der Waals surface area contributed by atoms with Crippen molar-refractivity contribution >= 4 is 23.2 Å². The van der Waals surface area contributed by atoms with E-state index in [4.69, 9.17) is 4.74 Å². The lowest BCUT2D eigenvalue weighted by Gasteiger charge is -2.13. The van der Waals surface area contributed by atoms with Crippen LogP contribution in [0.25, 0.3) is 0 Å². The molecule has 2 aromatic rings. The molecule has 0 saturated carbocycles. The molecule has 1 atom stereocenters. The highest BCUT2D eigenvalue weighted by Gasteiger charge is 2.15. The van der Waals surface area contributed by atoms with Gasteiger partial charge in [0, 0.05) is 11.8 Å². The second-order valence-electron chi connectivity index (χ2n) is 5.33. The SMILES string of the molecule is COc1ccc(CCC(=O)N[C@H](C)C(=O)NCc2cscn2)cc1. The van der Waals surface area contributed by atoms with Gasteiger partial charge in [-0.15, -0.1) is 11.3 Å². The lowest BCUT2D eigenvalue weighted by molar-refractivity contribution is -0.128. The van der Waals surface area contributed by atoms with E-state index in [1.165, 1.54) is 11.3 Å². The minimum atomic E-state index is -0.577. The van der Waals surface area contributed by atoms with Crippen molar-refractivity contribution in [1.82, 2.24) is 15.6 Å². The van der Waals surface area contributed by atoms with Crippen LogP contribution >= 0.6 is 11.3 Å². The van der Waals surface area contributed by atoms with Crippen LogP contribution < -0.4 is 15.4 Å². The van der Waals surface area contributed by atoms with E-state index in [1.807, 2.05) is 29.6 Å². The van der Waals surface area contributed by atoms with Crippen molar-refractivity contribution in [3.63, 3.8) is 0 Å². The molecule has 7 heteroatoms. The molecular weight excluding hydrogens is 326 g/mol. The minimum Gasteiger partial charge on any atom is -0.497 e. The third-order valence-corrected chi connectivity index (χ3v) is 4.13. The highest BCUT2D eigenvalue weighted by molar-refractivity contribution is 7.07. The fourth-order valence-corrected chi connectivity index (χ4v) is 2.64. The molecule has 0 unspecified atom stereocenters. The zero-order valence-electron chi connectivity index (χ0n) is 13.7. The molecule has 0 radical (unpaired) electrons. The Hall–Kier alpha value is -2.41. The molecule has 2 amide bonds. The van der Waals surface area contributed by atoms with Gasteiger partial charge >= 0.3 is 0 Å². The number of nitrogens with one attached hydrogen (secondary N) is 2. The number of carbonyl (C=O) groups is 2. The standard InChI is InChI=1S/C17H21N3O3S/c1-12(17(22)18-9-14-10-24-11-19-14)20-16(21)8-5-13-3-6-15(23-2)7-4-13/h3-4,6-7,10-12H,5,8-9H2,1-2H3,(H,18,22)(H,20,21)/t12-/m1/s1. The maximum atomic E-state index is 12.0. The summed E-state index contributed by atoms with van der Waals surface area (Å²) < 4.78 is 5.10. The van der Waals surface area contributed by atoms with Crippen LogP contribution in [0.2, 0.25) is 0 Å². The summed E-state index contributed by atoms with van der Waals surface area (Å²) in [5, 5.41) is 7.34. The summed E-state index contributed by atoms with van der Waals surface area (Å²) in [4.78, 5) is 28.0. The maximum Gasteiger partial charge on any atom is 0.242 e. The zero-order chi connectivity index (χ0) is 17.4. The van der Waals surface area contributed by atoms with Crippen LogP contribution in [0.1, 0.15) is 24.6 Å². The van der Waals surface area contributed by atoms with Crippen molar-refractivity contribution in [3.05, 3.63) is 46.4 Å². The van der Waals surface area contributed by atoms with Crippen LogP contribution in [0.5, 0.6) is 5.75 Å². The Balaban J connectivity index is 1.71. The van der Waals surface area contributed by atoms with Crippen LogP contribution in [0.3, 0.4) is 0 Å². The van der Waals surface area contributed by atoms with Gasteiger partial charge in [-0.25, -0.2) is 4.98 Å². The second-order valence-corrected chi connectivity index (χ2v) is 6.05. The van der Waals surface area contributed by atoms with Crippen LogP contribution in [-0.2, 0) is 22.6 Å². The van der Waals surface area contributed by atoms with Crippen molar-refractivity contribution in [2.75, 3.05) is 7.11 Å². The minimum absolute atomic E-state index is 0.151. The summed E-state index contributed by atoms with van der Waals surface area (Å²) >= 11 is 1.48. The van der Waals surface area contributed by atoms with E-state index in [1.54, 1.807) is 19.5 Å². The van der Waals surface area contributed by atoms with E-state index in [0.29, 0.717) is 19.4 Å². The molecule has 128 valence electrons. The Morgan fingerprint density at radius 3 is 2.67 bits per heavy atom. The number of aryl methyl sites for hydroxylation is 1. The maximum absolute atomic E-state index is 12.0. The quantitative estimate of drug-likeness (QED) is 0.764. The van der Waals surface area contributed by atoms with Gasteiger partial charge in [0.2, 0.25) is 11.8 Å². The topological polar surface area (TPSA) is 80.3 Å². The Morgan fingerprint density at radius 1 is 1.29 bits per heavy atom. The number of thiazole rings is 1. The number of amides is 2. The molecule has 0 fully saturated rings. The van der Waals surface area contributed by atoms with E-state index in [2.05, 4.69) is 15.6 Å². The Kier molecular flexibility index (Phi) is 6.74. The van der Waals surface area contributed by atoms with Crippen molar-refractivity contribution in [3.8, 4) is 5.75 Å². The first-order valence-corrected chi connectivity index (χ1v) is 8.60. The highest BCUT2D eigenvalue weighted by Crippen LogP contribution is 2.12. The van der Waals surface area contributed by atoms with Crippen molar-refractivity contribution in [1.29, 1.82) is 0 Å². The molecule has 6 nitrogen and oxygen atoms in total. The van der Waals surface area contributed by atoms with Gasteiger partial charge in [-0.1, -0.05) is 12.1 Å². The number of nitrogens with zero attached hydrogens (tertiary/aromatic N) is 1. The van der Waals surface area contributed by atoms with Crippen LogP contribution in [0.15, 0.2) is 35.2 Å². The largest absolute Gasteiger partial charge is 0.497 e. The number of ether oxygens (including phenoxy) is 1. The first kappa shape index (κ1) is 17.9. The van der Waals surface area contributed by atoms with Gasteiger partial charge in [-0.05, 0) is 31.0 Å². The van der Waals surface area contributed by atoms with Gasteiger partial charge in [0.1, 0.15) is 11.8 Å². The number of rotatable bonds is 8. The fraction of sp³-hybridized carbons (Fsp3) is 0.353. The molecule has 2 N–H and O–H groups in total. The summed E-state index contributed by atoms with van der Waals surface area (Å²) in [5.41, 5.74) is 3.57. The molecule has 0 aliphatic carbocycles. The molecule has 2 rings (SSSR count). The normalized spacial score (nSPS) is 11.6. The summed E-state index contributed by atoms with van der Waals surface area (Å²) in [6, 6.07) is 7.00. The fourth-order valence-electron chi connectivity index (χ4n) is 2.08. The van der Waals surface area contributed by atoms with E-state index in [9.17, 15) is 9.59 Å².